The lowest BCUT2D eigenvalue weighted by Crippen LogP contribution is -2.13. The Balaban J connectivity index is 2.17. The van der Waals surface area contributed by atoms with Crippen LogP contribution in [0.1, 0.15) is 42.7 Å². The molecular weight excluding hydrogens is 434 g/mol. The highest BCUT2D eigenvalue weighted by Crippen LogP contribution is 2.36. The summed E-state index contributed by atoms with van der Waals surface area (Å²) < 4.78 is 19.9. The zero-order valence-corrected chi connectivity index (χ0v) is 18.6. The molecule has 0 aliphatic rings. The fourth-order valence-electron chi connectivity index (χ4n) is 3.38. The molecule has 5 nitrogen and oxygen atoms in total. The number of esters is 1. The lowest BCUT2D eigenvalue weighted by atomic mass is 10.1. The van der Waals surface area contributed by atoms with Gasteiger partial charge in [0, 0.05) is 11.9 Å². The summed E-state index contributed by atoms with van der Waals surface area (Å²) >= 11 is 3.57. The fraction of sp³-hybridized carbons (Fsp3) is 0.348. The van der Waals surface area contributed by atoms with Crippen molar-refractivity contribution in [3.05, 3.63) is 58.2 Å². The first kappa shape index (κ1) is 21.2. The Hall–Kier alpha value is -2.47. The van der Waals surface area contributed by atoms with E-state index in [0.717, 1.165) is 46.2 Å². The van der Waals surface area contributed by atoms with Crippen LogP contribution in [0.3, 0.4) is 0 Å². The molecule has 6 heteroatoms. The molecule has 0 saturated carbocycles. The van der Waals surface area contributed by atoms with E-state index in [1.807, 2.05) is 49.4 Å². The van der Waals surface area contributed by atoms with Crippen molar-refractivity contribution in [3.8, 4) is 11.5 Å². The van der Waals surface area contributed by atoms with Crippen LogP contribution in [0.4, 0.5) is 0 Å². The monoisotopic (exact) mass is 459 g/mol. The number of aromatic nitrogens is 1. The number of para-hydroxylation sites is 1. The Morgan fingerprint density at radius 1 is 1.14 bits per heavy atom. The smallest absolute Gasteiger partial charge is 0.340 e. The van der Waals surface area contributed by atoms with Crippen molar-refractivity contribution < 1.29 is 19.0 Å². The molecule has 0 bridgehead atoms. The number of aryl methyl sites for hydroxylation is 1. The molecule has 0 aliphatic carbocycles. The first-order valence-electron chi connectivity index (χ1n) is 9.84. The summed E-state index contributed by atoms with van der Waals surface area (Å²) in [6.07, 6.45) is 2.04. The second-order valence-corrected chi connectivity index (χ2v) is 7.51. The van der Waals surface area contributed by atoms with Gasteiger partial charge in [0.2, 0.25) is 0 Å². The zero-order chi connectivity index (χ0) is 20.8. The quantitative estimate of drug-likeness (QED) is 0.370. The number of hydrogen-bond acceptors (Lipinski definition) is 4. The Kier molecular flexibility index (Phi) is 7.20. The van der Waals surface area contributed by atoms with Crippen molar-refractivity contribution in [2.45, 2.75) is 39.8 Å². The maximum Gasteiger partial charge on any atom is 0.340 e. The number of halogens is 1. The summed E-state index contributed by atoms with van der Waals surface area (Å²) in [6, 6.07) is 13.5. The molecule has 2 aromatic carbocycles. The number of carbonyl (C=O) groups excluding carboxylic acids is 1. The molecule has 0 fully saturated rings. The Morgan fingerprint density at radius 2 is 1.90 bits per heavy atom. The van der Waals surface area contributed by atoms with Gasteiger partial charge in [0.1, 0.15) is 18.1 Å². The number of fused-ring (bicyclic) bond motifs is 1. The van der Waals surface area contributed by atoms with E-state index in [2.05, 4.69) is 27.4 Å². The van der Waals surface area contributed by atoms with Crippen molar-refractivity contribution in [1.82, 2.24) is 4.57 Å². The molecule has 0 unspecified atom stereocenters. The van der Waals surface area contributed by atoms with Crippen molar-refractivity contribution >= 4 is 32.8 Å². The van der Waals surface area contributed by atoms with Crippen molar-refractivity contribution in [2.75, 3.05) is 13.7 Å². The number of ether oxygens (including phenoxy) is 3. The predicted molar refractivity (Wildman–Crippen MR) is 118 cm³/mol. The molecule has 29 heavy (non-hydrogen) atoms. The molecule has 3 aromatic rings. The van der Waals surface area contributed by atoms with Gasteiger partial charge in [0.15, 0.2) is 0 Å². The van der Waals surface area contributed by atoms with Crippen LogP contribution >= 0.6 is 15.9 Å². The summed E-state index contributed by atoms with van der Waals surface area (Å²) in [5.41, 5.74) is 2.32. The van der Waals surface area contributed by atoms with Crippen LogP contribution in [0.2, 0.25) is 0 Å². The van der Waals surface area contributed by atoms with Gasteiger partial charge in [0.05, 0.1) is 35.0 Å². The van der Waals surface area contributed by atoms with Gasteiger partial charge in [-0.05, 0) is 53.5 Å². The molecule has 0 N–H and O–H groups in total. The largest absolute Gasteiger partial charge is 0.496 e. The second-order valence-electron chi connectivity index (χ2n) is 6.65. The minimum Gasteiger partial charge on any atom is -0.496 e. The lowest BCUT2D eigenvalue weighted by Gasteiger charge is -2.13. The van der Waals surface area contributed by atoms with Gasteiger partial charge in [-0.3, -0.25) is 0 Å². The third-order valence-electron chi connectivity index (χ3n) is 4.78. The molecule has 1 aromatic heterocycles. The summed E-state index contributed by atoms with van der Waals surface area (Å²) in [5.74, 6) is 1.09. The highest BCUT2D eigenvalue weighted by atomic mass is 79.9. The van der Waals surface area contributed by atoms with Crippen LogP contribution in [-0.4, -0.2) is 24.3 Å². The minimum atomic E-state index is -0.344. The summed E-state index contributed by atoms with van der Waals surface area (Å²) in [7, 11) is 1.61. The highest BCUT2D eigenvalue weighted by Gasteiger charge is 2.25. The van der Waals surface area contributed by atoms with Crippen molar-refractivity contribution in [2.24, 2.45) is 0 Å². The van der Waals surface area contributed by atoms with Gasteiger partial charge >= 0.3 is 5.97 Å². The highest BCUT2D eigenvalue weighted by molar-refractivity contribution is 9.10. The van der Waals surface area contributed by atoms with Gasteiger partial charge in [0.25, 0.3) is 0 Å². The molecule has 0 spiro atoms. The summed E-state index contributed by atoms with van der Waals surface area (Å²) in [5, 5.41) is 0.811. The molecule has 1 heterocycles. The molecule has 154 valence electrons. The average molecular weight is 460 g/mol. The van der Waals surface area contributed by atoms with E-state index >= 15 is 0 Å². The van der Waals surface area contributed by atoms with E-state index in [0.29, 0.717) is 17.9 Å². The van der Waals surface area contributed by atoms with Gasteiger partial charge in [-0.1, -0.05) is 31.5 Å². The number of unbranched alkanes of at least 4 members (excludes halogenated alkanes) is 1. The molecular formula is C23H26BrNO4. The average Bonchev–Trinajstić information content (AvgIpc) is 3.03. The fourth-order valence-corrected chi connectivity index (χ4v) is 3.87. The van der Waals surface area contributed by atoms with E-state index in [1.165, 1.54) is 0 Å². The van der Waals surface area contributed by atoms with Gasteiger partial charge in [-0.15, -0.1) is 0 Å². The lowest BCUT2D eigenvalue weighted by molar-refractivity contribution is 0.0525. The Labute approximate surface area is 179 Å². The van der Waals surface area contributed by atoms with Crippen LogP contribution in [0, 0.1) is 0 Å². The number of nitrogens with zero attached hydrogens (tertiary/aromatic N) is 1. The molecule has 0 amide bonds. The molecule has 3 rings (SSSR count). The van der Waals surface area contributed by atoms with E-state index < -0.39 is 0 Å². The molecule has 0 atom stereocenters. The first-order chi connectivity index (χ1) is 14.1. The normalized spacial score (nSPS) is 10.9. The van der Waals surface area contributed by atoms with Crippen LogP contribution in [0.25, 0.3) is 10.9 Å². The van der Waals surface area contributed by atoms with E-state index in [-0.39, 0.29) is 12.6 Å². The van der Waals surface area contributed by atoms with Crippen LogP contribution in [-0.2, 0) is 17.9 Å². The van der Waals surface area contributed by atoms with E-state index in [9.17, 15) is 4.79 Å². The van der Waals surface area contributed by atoms with Crippen molar-refractivity contribution in [1.29, 1.82) is 0 Å². The summed E-state index contributed by atoms with van der Waals surface area (Å²) in [4.78, 5) is 12.9. The van der Waals surface area contributed by atoms with Crippen LogP contribution in [0.5, 0.6) is 11.5 Å². The number of benzene rings is 2. The number of rotatable bonds is 9. The molecule has 0 aliphatic heterocycles. The zero-order valence-electron chi connectivity index (χ0n) is 17.0. The third kappa shape index (κ3) is 4.58. The maximum atomic E-state index is 12.9. The third-order valence-corrected chi connectivity index (χ3v) is 5.40. The number of carbonyl (C=O) groups is 1. The first-order valence-corrected chi connectivity index (χ1v) is 10.6. The van der Waals surface area contributed by atoms with Gasteiger partial charge in [-0.2, -0.15) is 0 Å². The topological polar surface area (TPSA) is 49.7 Å². The standard InChI is InChI=1S/C23H26BrNO4/c1-4-6-12-25-19-14-18(24)21(27-3)13-17(19)22(23(26)28-5-2)20(25)15-29-16-10-8-7-9-11-16/h7-11,13-14H,4-6,12,15H2,1-3H3. The number of hydrogen-bond donors (Lipinski definition) is 0. The van der Waals surface area contributed by atoms with Gasteiger partial charge in [-0.25, -0.2) is 4.79 Å². The maximum absolute atomic E-state index is 12.9. The minimum absolute atomic E-state index is 0.274. The van der Waals surface area contributed by atoms with E-state index in [4.69, 9.17) is 14.2 Å². The Morgan fingerprint density at radius 3 is 2.55 bits per heavy atom. The SMILES string of the molecule is CCCCn1c(COc2ccccc2)c(C(=O)OCC)c2cc(OC)c(Br)cc21. The van der Waals surface area contributed by atoms with Crippen LogP contribution in [0.15, 0.2) is 46.9 Å². The van der Waals surface area contributed by atoms with Crippen LogP contribution < -0.4 is 9.47 Å². The van der Waals surface area contributed by atoms with Gasteiger partial charge < -0.3 is 18.8 Å². The van der Waals surface area contributed by atoms with E-state index in [1.54, 1.807) is 7.11 Å². The molecule has 0 radical (unpaired) electrons. The second kappa shape index (κ2) is 9.83. The number of methoxy groups -OCH3 is 1. The molecule has 0 saturated heterocycles. The van der Waals surface area contributed by atoms with Crippen molar-refractivity contribution in [3.63, 3.8) is 0 Å². The summed E-state index contributed by atoms with van der Waals surface area (Å²) in [6.45, 7) is 5.34. The Bertz CT molecular complexity index is 982. The predicted octanol–water partition coefficient (Wildman–Crippen LogP) is 5.97.